The topological polar surface area (TPSA) is 41.6 Å². The third-order valence-corrected chi connectivity index (χ3v) is 4.03. The van der Waals surface area contributed by atoms with Crippen LogP contribution in [0.15, 0.2) is 48.5 Å². The lowest BCUT2D eigenvalue weighted by Gasteiger charge is -2.26. The molecule has 0 heterocycles. The number of benzene rings is 2. The van der Waals surface area contributed by atoms with Gasteiger partial charge in [0.15, 0.2) is 0 Å². The maximum atomic E-state index is 12.3. The molecule has 6 heteroatoms. The zero-order valence-electron chi connectivity index (χ0n) is 14.0. The van der Waals surface area contributed by atoms with E-state index in [1.807, 2.05) is 43.3 Å². The third kappa shape index (κ3) is 4.87. The molecule has 0 saturated heterocycles. The highest BCUT2D eigenvalue weighted by Crippen LogP contribution is 2.27. The summed E-state index contributed by atoms with van der Waals surface area (Å²) in [5, 5.41) is 3.40. The molecule has 1 atom stereocenters. The van der Waals surface area contributed by atoms with Crippen LogP contribution in [0.2, 0.25) is 5.02 Å². The minimum atomic E-state index is -0.183. The largest absolute Gasteiger partial charge is 0.496 e. The summed E-state index contributed by atoms with van der Waals surface area (Å²) in [5.74, 6) is 0.621. The molecule has 2 aromatic rings. The molecule has 0 aliphatic carbocycles. The van der Waals surface area contributed by atoms with Gasteiger partial charge in [-0.1, -0.05) is 41.9 Å². The van der Waals surface area contributed by atoms with Crippen molar-refractivity contribution in [3.05, 3.63) is 64.7 Å². The van der Waals surface area contributed by atoms with Crippen LogP contribution in [0, 0.1) is 0 Å². The van der Waals surface area contributed by atoms with Crippen molar-refractivity contribution >= 4 is 29.9 Å². The first-order valence-electron chi connectivity index (χ1n) is 7.36. The van der Waals surface area contributed by atoms with Crippen LogP contribution >= 0.6 is 24.0 Å². The van der Waals surface area contributed by atoms with Crippen molar-refractivity contribution in [3.63, 3.8) is 0 Å². The van der Waals surface area contributed by atoms with Gasteiger partial charge in [0, 0.05) is 12.1 Å². The molecular weight excluding hydrogens is 347 g/mol. The summed E-state index contributed by atoms with van der Waals surface area (Å²) in [6, 6.07) is 14.8. The monoisotopic (exact) mass is 368 g/mol. The Bertz CT molecular complexity index is 678. The highest BCUT2D eigenvalue weighted by atomic mass is 35.5. The van der Waals surface area contributed by atoms with Crippen LogP contribution in [0.4, 0.5) is 0 Å². The first kappa shape index (κ1) is 20.3. The minimum Gasteiger partial charge on any atom is -0.496 e. The lowest BCUT2D eigenvalue weighted by atomic mass is 10.0. The molecule has 130 valence electrons. The second-order valence-electron chi connectivity index (χ2n) is 5.41. The van der Waals surface area contributed by atoms with Crippen molar-refractivity contribution in [2.45, 2.75) is 6.04 Å². The molecule has 24 heavy (non-hydrogen) atoms. The highest BCUT2D eigenvalue weighted by molar-refractivity contribution is 6.33. The molecular formula is C18H22Cl2N2O2. The molecule has 4 nitrogen and oxygen atoms in total. The van der Waals surface area contributed by atoms with Gasteiger partial charge >= 0.3 is 0 Å². The molecule has 2 aromatic carbocycles. The molecule has 2 rings (SSSR count). The number of amides is 1. The van der Waals surface area contributed by atoms with Gasteiger partial charge in [0.05, 0.1) is 23.7 Å². The number of halogens is 2. The summed E-state index contributed by atoms with van der Waals surface area (Å²) in [6.45, 7) is 0.456. The summed E-state index contributed by atoms with van der Waals surface area (Å²) < 4.78 is 5.43. The second-order valence-corrected chi connectivity index (χ2v) is 5.82. The van der Waals surface area contributed by atoms with Crippen LogP contribution in [0.25, 0.3) is 0 Å². The van der Waals surface area contributed by atoms with E-state index < -0.39 is 0 Å². The van der Waals surface area contributed by atoms with Crippen LogP contribution in [-0.4, -0.2) is 38.6 Å². The molecule has 1 amide bonds. The van der Waals surface area contributed by atoms with Gasteiger partial charge in [0.1, 0.15) is 5.75 Å². The number of carbonyl (C=O) groups excluding carboxylic acids is 1. The van der Waals surface area contributed by atoms with Gasteiger partial charge in [-0.05, 0) is 32.3 Å². The first-order chi connectivity index (χ1) is 11.0. The summed E-state index contributed by atoms with van der Waals surface area (Å²) in [6.07, 6.45) is 0. The molecule has 0 saturated carbocycles. The number of carbonyl (C=O) groups is 1. The van der Waals surface area contributed by atoms with Crippen LogP contribution in [-0.2, 0) is 0 Å². The molecule has 1 unspecified atom stereocenters. The fraction of sp³-hybridized carbons (Fsp3) is 0.278. The molecule has 1 N–H and O–H groups in total. The average molecular weight is 369 g/mol. The molecule has 0 radical (unpaired) electrons. The van der Waals surface area contributed by atoms with Crippen LogP contribution in [0.5, 0.6) is 5.75 Å². The number of para-hydroxylation sites is 1. The Morgan fingerprint density at radius 2 is 1.79 bits per heavy atom. The van der Waals surface area contributed by atoms with Crippen LogP contribution < -0.4 is 10.1 Å². The molecule has 0 aromatic heterocycles. The van der Waals surface area contributed by atoms with Gasteiger partial charge in [-0.15, -0.1) is 12.4 Å². The van der Waals surface area contributed by atoms with Crippen molar-refractivity contribution in [2.75, 3.05) is 27.7 Å². The van der Waals surface area contributed by atoms with Gasteiger partial charge in [0.2, 0.25) is 0 Å². The molecule has 0 aliphatic rings. The highest BCUT2D eigenvalue weighted by Gasteiger charge is 2.19. The zero-order valence-corrected chi connectivity index (χ0v) is 15.5. The van der Waals surface area contributed by atoms with Crippen molar-refractivity contribution in [1.82, 2.24) is 10.2 Å². The summed E-state index contributed by atoms with van der Waals surface area (Å²) in [7, 11) is 5.59. The van der Waals surface area contributed by atoms with Gasteiger partial charge in [0.25, 0.3) is 5.91 Å². The van der Waals surface area contributed by atoms with E-state index in [0.29, 0.717) is 17.1 Å². The number of rotatable bonds is 6. The first-order valence-corrected chi connectivity index (χ1v) is 7.74. The minimum absolute atomic E-state index is 0. The summed E-state index contributed by atoms with van der Waals surface area (Å²) >= 11 is 6.07. The van der Waals surface area contributed by atoms with E-state index >= 15 is 0 Å². The Morgan fingerprint density at radius 1 is 1.17 bits per heavy atom. The fourth-order valence-corrected chi connectivity index (χ4v) is 2.66. The SMILES string of the molecule is COc1ccccc1C(CNC(=O)c1ccccc1Cl)N(C)C.Cl. The quantitative estimate of drug-likeness (QED) is 0.842. The predicted molar refractivity (Wildman–Crippen MR) is 100 cm³/mol. The van der Waals surface area contributed by atoms with Crippen LogP contribution in [0.1, 0.15) is 22.0 Å². The molecule has 0 bridgehead atoms. The summed E-state index contributed by atoms with van der Waals surface area (Å²) in [4.78, 5) is 14.4. The van der Waals surface area contributed by atoms with Crippen LogP contribution in [0.3, 0.4) is 0 Å². The van der Waals surface area contributed by atoms with Crippen molar-refractivity contribution < 1.29 is 9.53 Å². The Morgan fingerprint density at radius 3 is 2.42 bits per heavy atom. The number of ether oxygens (including phenoxy) is 1. The standard InChI is InChI=1S/C18H21ClN2O2.ClH/c1-21(2)16(14-9-5-7-11-17(14)23-3)12-20-18(22)13-8-4-6-10-15(13)19;/h4-11,16H,12H2,1-3H3,(H,20,22);1H. The maximum Gasteiger partial charge on any atom is 0.252 e. The van der Waals surface area contributed by atoms with E-state index in [2.05, 4.69) is 5.32 Å². The average Bonchev–Trinajstić information content (AvgIpc) is 2.55. The smallest absolute Gasteiger partial charge is 0.252 e. The van der Waals surface area contributed by atoms with Gasteiger partial charge < -0.3 is 15.0 Å². The number of hydrogen-bond acceptors (Lipinski definition) is 3. The Balaban J connectivity index is 0.00000288. The van der Waals surface area contributed by atoms with E-state index in [4.69, 9.17) is 16.3 Å². The zero-order chi connectivity index (χ0) is 16.8. The van der Waals surface area contributed by atoms with Crippen molar-refractivity contribution in [1.29, 1.82) is 0 Å². The van der Waals surface area contributed by atoms with Gasteiger partial charge in [-0.25, -0.2) is 0 Å². The van der Waals surface area contributed by atoms with E-state index in [-0.39, 0.29) is 24.4 Å². The van der Waals surface area contributed by atoms with E-state index in [0.717, 1.165) is 11.3 Å². The number of nitrogens with one attached hydrogen (secondary N) is 1. The normalized spacial score (nSPS) is 11.5. The van der Waals surface area contributed by atoms with E-state index in [1.54, 1.807) is 31.4 Å². The Labute approximate surface area is 154 Å². The lowest BCUT2D eigenvalue weighted by Crippen LogP contribution is -2.34. The predicted octanol–water partition coefficient (Wildman–Crippen LogP) is 3.80. The number of likely N-dealkylation sites (N-methyl/N-ethyl adjacent to an activating group) is 1. The van der Waals surface area contributed by atoms with E-state index in [9.17, 15) is 4.79 Å². The van der Waals surface area contributed by atoms with Crippen molar-refractivity contribution in [2.24, 2.45) is 0 Å². The number of nitrogens with zero attached hydrogens (tertiary/aromatic N) is 1. The number of hydrogen-bond donors (Lipinski definition) is 1. The number of methoxy groups -OCH3 is 1. The Kier molecular flexibility index (Phi) is 8.05. The fourth-order valence-electron chi connectivity index (χ4n) is 2.44. The van der Waals surface area contributed by atoms with E-state index in [1.165, 1.54) is 0 Å². The Hall–Kier alpha value is -1.75. The molecule has 0 aliphatic heterocycles. The summed E-state index contributed by atoms with van der Waals surface area (Å²) in [5.41, 5.74) is 1.51. The van der Waals surface area contributed by atoms with Crippen molar-refractivity contribution in [3.8, 4) is 5.75 Å². The molecule has 0 fully saturated rings. The lowest BCUT2D eigenvalue weighted by molar-refractivity contribution is 0.0941. The molecule has 0 spiro atoms. The van der Waals surface area contributed by atoms with Gasteiger partial charge in [-0.3, -0.25) is 4.79 Å². The third-order valence-electron chi connectivity index (χ3n) is 3.70. The second kappa shape index (κ2) is 9.52. The maximum absolute atomic E-state index is 12.3. The van der Waals surface area contributed by atoms with Gasteiger partial charge in [-0.2, -0.15) is 0 Å².